The van der Waals surface area contributed by atoms with Gasteiger partial charge in [0.25, 0.3) is 0 Å². The van der Waals surface area contributed by atoms with Crippen LogP contribution in [0.3, 0.4) is 0 Å². The first-order valence-corrected chi connectivity index (χ1v) is 5.83. The van der Waals surface area contributed by atoms with Crippen molar-refractivity contribution in [1.82, 2.24) is 10.2 Å². The Morgan fingerprint density at radius 2 is 2.25 bits per heavy atom. The molecule has 16 heavy (non-hydrogen) atoms. The predicted molar refractivity (Wildman–Crippen MR) is 57.9 cm³/mol. The molecule has 1 amide bonds. The number of amides is 1. The Labute approximate surface area is 94.8 Å². The van der Waals surface area contributed by atoms with Crippen LogP contribution in [0.1, 0.15) is 26.2 Å². The van der Waals surface area contributed by atoms with Crippen molar-refractivity contribution in [1.29, 1.82) is 0 Å². The molecular weight excluding hydrogens is 208 g/mol. The topological polar surface area (TPSA) is 69.6 Å². The lowest BCUT2D eigenvalue weighted by Crippen LogP contribution is -2.46. The van der Waals surface area contributed by atoms with Gasteiger partial charge in [0.1, 0.15) is 0 Å². The van der Waals surface area contributed by atoms with Crippen LogP contribution in [0, 0.1) is 5.92 Å². The Hall–Kier alpha value is -1.10. The molecule has 2 rings (SSSR count). The number of nitrogens with zero attached hydrogens (tertiary/aromatic N) is 1. The van der Waals surface area contributed by atoms with Gasteiger partial charge in [0, 0.05) is 19.1 Å². The van der Waals surface area contributed by atoms with Crippen LogP contribution in [0.2, 0.25) is 0 Å². The molecule has 1 heterocycles. The molecule has 2 aliphatic rings. The summed E-state index contributed by atoms with van der Waals surface area (Å²) in [6.45, 7) is 3.55. The number of carbonyl (C=O) groups excluding carboxylic acids is 1. The number of carboxylic acid groups (broad SMARTS) is 1. The summed E-state index contributed by atoms with van der Waals surface area (Å²) < 4.78 is 0. The zero-order chi connectivity index (χ0) is 11.7. The van der Waals surface area contributed by atoms with Crippen LogP contribution >= 0.6 is 0 Å². The molecule has 2 fully saturated rings. The fraction of sp³-hybridized carbons (Fsp3) is 0.818. The third-order valence-corrected chi connectivity index (χ3v) is 3.23. The maximum atomic E-state index is 11.8. The highest BCUT2D eigenvalue weighted by molar-refractivity contribution is 5.86. The number of hydrogen-bond acceptors (Lipinski definition) is 3. The van der Waals surface area contributed by atoms with Gasteiger partial charge in [-0.2, -0.15) is 0 Å². The predicted octanol–water partition coefficient (Wildman–Crippen LogP) is 0.0600. The van der Waals surface area contributed by atoms with Crippen molar-refractivity contribution < 1.29 is 14.7 Å². The number of rotatable bonds is 3. The maximum Gasteiger partial charge on any atom is 0.305 e. The normalized spacial score (nSPS) is 31.9. The molecule has 2 unspecified atom stereocenters. The highest BCUT2D eigenvalue weighted by Gasteiger charge is 2.40. The summed E-state index contributed by atoms with van der Waals surface area (Å²) in [6, 6.07) is -0.0504. The summed E-state index contributed by atoms with van der Waals surface area (Å²) in [4.78, 5) is 24.7. The van der Waals surface area contributed by atoms with Gasteiger partial charge >= 0.3 is 5.97 Å². The average molecular weight is 226 g/mol. The standard InChI is InChI=1S/C11H18N2O3/c1-7-5-12-11(16)9(4-10(14)15)13(6-7)8-2-3-8/h7-9H,2-6H2,1H3,(H,12,16)(H,14,15). The van der Waals surface area contributed by atoms with Crippen LogP contribution in [0.4, 0.5) is 0 Å². The smallest absolute Gasteiger partial charge is 0.305 e. The Morgan fingerprint density at radius 3 is 2.81 bits per heavy atom. The molecular formula is C11H18N2O3. The van der Waals surface area contributed by atoms with Gasteiger partial charge in [0.15, 0.2) is 0 Å². The summed E-state index contributed by atoms with van der Waals surface area (Å²) in [6.07, 6.45) is 2.10. The number of carbonyl (C=O) groups is 2. The van der Waals surface area contributed by atoms with Gasteiger partial charge in [-0.15, -0.1) is 0 Å². The Morgan fingerprint density at radius 1 is 1.56 bits per heavy atom. The average Bonchev–Trinajstić information content (AvgIpc) is 3.01. The first-order valence-electron chi connectivity index (χ1n) is 5.83. The second kappa shape index (κ2) is 4.41. The molecule has 0 bridgehead atoms. The maximum absolute atomic E-state index is 11.8. The molecule has 2 N–H and O–H groups in total. The van der Waals surface area contributed by atoms with E-state index in [1.807, 2.05) is 0 Å². The van der Waals surface area contributed by atoms with Crippen molar-refractivity contribution in [3.8, 4) is 0 Å². The van der Waals surface area contributed by atoms with Crippen LogP contribution in [0.5, 0.6) is 0 Å². The van der Waals surface area contributed by atoms with Crippen molar-refractivity contribution in [2.24, 2.45) is 5.92 Å². The second-order valence-electron chi connectivity index (χ2n) is 4.89. The molecule has 0 aromatic rings. The van der Waals surface area contributed by atoms with E-state index in [-0.39, 0.29) is 12.3 Å². The molecule has 0 aromatic heterocycles. The molecule has 1 saturated heterocycles. The first-order chi connectivity index (χ1) is 7.58. The van der Waals surface area contributed by atoms with E-state index in [1.165, 1.54) is 0 Å². The highest BCUT2D eigenvalue weighted by atomic mass is 16.4. The van der Waals surface area contributed by atoms with E-state index in [2.05, 4.69) is 17.1 Å². The third kappa shape index (κ3) is 2.52. The fourth-order valence-electron chi connectivity index (χ4n) is 2.28. The Kier molecular flexibility index (Phi) is 3.14. The van der Waals surface area contributed by atoms with E-state index >= 15 is 0 Å². The van der Waals surface area contributed by atoms with Crippen LogP contribution in [-0.2, 0) is 9.59 Å². The molecule has 1 aliphatic carbocycles. The van der Waals surface area contributed by atoms with Gasteiger partial charge in [-0.05, 0) is 18.8 Å². The van der Waals surface area contributed by atoms with Gasteiger partial charge in [0.05, 0.1) is 12.5 Å². The molecule has 5 heteroatoms. The van der Waals surface area contributed by atoms with Crippen LogP contribution < -0.4 is 5.32 Å². The van der Waals surface area contributed by atoms with Crippen LogP contribution in [-0.4, -0.2) is 47.1 Å². The van der Waals surface area contributed by atoms with Gasteiger partial charge in [0.2, 0.25) is 5.91 Å². The zero-order valence-corrected chi connectivity index (χ0v) is 9.48. The van der Waals surface area contributed by atoms with E-state index in [1.54, 1.807) is 0 Å². The van der Waals surface area contributed by atoms with E-state index in [0.717, 1.165) is 19.4 Å². The van der Waals surface area contributed by atoms with Crippen molar-refractivity contribution in [2.75, 3.05) is 13.1 Å². The lowest BCUT2D eigenvalue weighted by Gasteiger charge is -2.28. The number of hydrogen-bond donors (Lipinski definition) is 2. The SMILES string of the molecule is CC1CNC(=O)C(CC(=O)O)N(C2CC2)C1. The lowest BCUT2D eigenvalue weighted by atomic mass is 10.1. The van der Waals surface area contributed by atoms with E-state index in [0.29, 0.717) is 18.5 Å². The second-order valence-corrected chi connectivity index (χ2v) is 4.89. The van der Waals surface area contributed by atoms with E-state index in [9.17, 15) is 9.59 Å². The van der Waals surface area contributed by atoms with E-state index in [4.69, 9.17) is 5.11 Å². The van der Waals surface area contributed by atoms with Gasteiger partial charge in [-0.25, -0.2) is 0 Å². The lowest BCUT2D eigenvalue weighted by molar-refractivity contribution is -0.141. The molecule has 90 valence electrons. The van der Waals surface area contributed by atoms with Gasteiger partial charge < -0.3 is 10.4 Å². The molecule has 1 aliphatic heterocycles. The summed E-state index contributed by atoms with van der Waals surface area (Å²) in [5.74, 6) is -0.637. The monoisotopic (exact) mass is 226 g/mol. The number of nitrogens with one attached hydrogen (secondary N) is 1. The molecule has 0 spiro atoms. The quantitative estimate of drug-likeness (QED) is 0.714. The van der Waals surface area contributed by atoms with Crippen molar-refractivity contribution in [3.05, 3.63) is 0 Å². The van der Waals surface area contributed by atoms with Crippen molar-refractivity contribution >= 4 is 11.9 Å². The molecule has 0 aromatic carbocycles. The summed E-state index contributed by atoms with van der Waals surface area (Å²) >= 11 is 0. The minimum Gasteiger partial charge on any atom is -0.481 e. The van der Waals surface area contributed by atoms with Crippen LogP contribution in [0.15, 0.2) is 0 Å². The minimum absolute atomic E-state index is 0.0882. The molecule has 0 radical (unpaired) electrons. The zero-order valence-electron chi connectivity index (χ0n) is 9.48. The third-order valence-electron chi connectivity index (χ3n) is 3.23. The van der Waals surface area contributed by atoms with Gasteiger partial charge in [-0.3, -0.25) is 14.5 Å². The van der Waals surface area contributed by atoms with Crippen molar-refractivity contribution in [3.63, 3.8) is 0 Å². The summed E-state index contributed by atoms with van der Waals surface area (Å²) in [7, 11) is 0. The summed E-state index contributed by atoms with van der Waals surface area (Å²) in [5.41, 5.74) is 0. The number of aliphatic carboxylic acids is 1. The molecule has 1 saturated carbocycles. The van der Waals surface area contributed by atoms with Crippen LogP contribution in [0.25, 0.3) is 0 Å². The first kappa shape index (κ1) is 11.4. The molecule has 2 atom stereocenters. The minimum atomic E-state index is -0.902. The van der Waals surface area contributed by atoms with Gasteiger partial charge in [-0.1, -0.05) is 6.92 Å². The highest BCUT2D eigenvalue weighted by Crippen LogP contribution is 2.31. The molecule has 5 nitrogen and oxygen atoms in total. The van der Waals surface area contributed by atoms with E-state index < -0.39 is 12.0 Å². The summed E-state index contributed by atoms with van der Waals surface area (Å²) in [5, 5.41) is 11.7. The Bertz CT molecular complexity index is 302. The number of carboxylic acids is 1. The fourth-order valence-corrected chi connectivity index (χ4v) is 2.28. The largest absolute Gasteiger partial charge is 0.481 e. The Balaban J connectivity index is 2.12. The van der Waals surface area contributed by atoms with Crippen molar-refractivity contribution in [2.45, 2.75) is 38.3 Å².